The van der Waals surface area contributed by atoms with Crippen molar-refractivity contribution in [1.82, 2.24) is 19.9 Å². The number of aromatic nitrogens is 3. The van der Waals surface area contributed by atoms with E-state index in [0.717, 1.165) is 34.2 Å². The Bertz CT molecular complexity index is 1280. The van der Waals surface area contributed by atoms with Gasteiger partial charge in [0.05, 0.1) is 22.2 Å². The fraction of sp³-hybridized carbons (Fsp3) is 0.304. The third kappa shape index (κ3) is 2.77. The predicted molar refractivity (Wildman–Crippen MR) is 121 cm³/mol. The summed E-state index contributed by atoms with van der Waals surface area (Å²) < 4.78 is 0. The van der Waals surface area contributed by atoms with Gasteiger partial charge in [0.1, 0.15) is 11.4 Å². The van der Waals surface area contributed by atoms with Crippen molar-refractivity contribution >= 4 is 33.3 Å². The van der Waals surface area contributed by atoms with E-state index in [0.29, 0.717) is 29.0 Å². The van der Waals surface area contributed by atoms with E-state index in [1.165, 1.54) is 25.9 Å². The summed E-state index contributed by atoms with van der Waals surface area (Å²) >= 11 is 0. The molecule has 4 aromatic rings. The first-order valence-corrected chi connectivity index (χ1v) is 10.6. The Morgan fingerprint density at radius 1 is 1.07 bits per heavy atom. The number of imidazole rings is 1. The van der Waals surface area contributed by atoms with E-state index >= 15 is 0 Å². The van der Waals surface area contributed by atoms with Crippen LogP contribution in [0.2, 0.25) is 0 Å². The van der Waals surface area contributed by atoms with Gasteiger partial charge in [0, 0.05) is 23.7 Å². The summed E-state index contributed by atoms with van der Waals surface area (Å²) in [5.74, 6) is 1.19. The van der Waals surface area contributed by atoms with Crippen molar-refractivity contribution in [3.63, 3.8) is 0 Å². The van der Waals surface area contributed by atoms with Crippen molar-refractivity contribution in [2.45, 2.75) is 18.9 Å². The van der Waals surface area contributed by atoms with Gasteiger partial charge in [0.15, 0.2) is 0 Å². The molecular formula is C23H24N6O. The zero-order valence-electron chi connectivity index (χ0n) is 16.6. The van der Waals surface area contributed by atoms with Crippen LogP contribution in [0.1, 0.15) is 12.8 Å². The van der Waals surface area contributed by atoms with Gasteiger partial charge in [-0.2, -0.15) is 0 Å². The molecule has 2 bridgehead atoms. The highest BCUT2D eigenvalue weighted by Crippen LogP contribution is 2.36. The summed E-state index contributed by atoms with van der Waals surface area (Å²) in [6.45, 7) is 3.34. The standard InChI is InChI=1S/C23H24N6O/c24-14-5-6-16-15(11-14)21(25-19-12-29-9-7-13(19)8-10-29)20(23(30)28-16)22-26-17-3-1-2-4-18(17)27-22/h1-6,11,13,19H,7-10,12,24H2,(H,26,27)(H2,25,28,30)/t19-/m1/s1. The maximum absolute atomic E-state index is 13.2. The third-order valence-electron chi connectivity index (χ3n) is 6.65. The molecular weight excluding hydrogens is 376 g/mol. The lowest BCUT2D eigenvalue weighted by atomic mass is 9.83. The second-order valence-electron chi connectivity index (χ2n) is 8.50. The van der Waals surface area contributed by atoms with E-state index in [9.17, 15) is 4.79 Å². The Balaban J connectivity index is 1.56. The molecule has 0 aliphatic carbocycles. The number of nitrogen functional groups attached to an aromatic ring is 1. The molecule has 0 saturated carbocycles. The van der Waals surface area contributed by atoms with Crippen molar-refractivity contribution in [2.75, 3.05) is 30.7 Å². The largest absolute Gasteiger partial charge is 0.399 e. The molecule has 5 heterocycles. The number of hydrogen-bond acceptors (Lipinski definition) is 5. The Hall–Kier alpha value is -3.32. The summed E-state index contributed by atoms with van der Waals surface area (Å²) in [6.07, 6.45) is 2.39. The molecule has 152 valence electrons. The molecule has 2 aromatic carbocycles. The minimum atomic E-state index is -0.157. The molecule has 3 fully saturated rings. The van der Waals surface area contributed by atoms with Gasteiger partial charge < -0.3 is 25.9 Å². The van der Waals surface area contributed by atoms with Gasteiger partial charge in [0.2, 0.25) is 0 Å². The average Bonchev–Trinajstić information content (AvgIpc) is 3.19. The Morgan fingerprint density at radius 3 is 2.67 bits per heavy atom. The van der Waals surface area contributed by atoms with Crippen molar-refractivity contribution in [3.05, 3.63) is 52.8 Å². The van der Waals surface area contributed by atoms with Crippen LogP contribution in [0, 0.1) is 5.92 Å². The zero-order chi connectivity index (χ0) is 20.2. The molecule has 0 spiro atoms. The van der Waals surface area contributed by atoms with Crippen LogP contribution in [-0.4, -0.2) is 45.5 Å². The quantitative estimate of drug-likeness (QED) is 0.396. The highest BCUT2D eigenvalue weighted by Gasteiger charge is 2.35. The van der Waals surface area contributed by atoms with Crippen molar-refractivity contribution in [1.29, 1.82) is 0 Å². The highest BCUT2D eigenvalue weighted by molar-refractivity contribution is 6.00. The molecule has 30 heavy (non-hydrogen) atoms. The van der Waals surface area contributed by atoms with Crippen LogP contribution in [0.4, 0.5) is 11.4 Å². The lowest BCUT2D eigenvalue weighted by Crippen LogP contribution is -2.53. The van der Waals surface area contributed by atoms with E-state index in [1.807, 2.05) is 42.5 Å². The highest BCUT2D eigenvalue weighted by atomic mass is 16.1. The normalized spacial score (nSPS) is 23.3. The average molecular weight is 400 g/mol. The van der Waals surface area contributed by atoms with Crippen LogP contribution in [0.5, 0.6) is 0 Å². The lowest BCUT2D eigenvalue weighted by Gasteiger charge is -2.45. The number of nitrogens with zero attached hydrogens (tertiary/aromatic N) is 2. The number of H-pyrrole nitrogens is 2. The zero-order valence-corrected chi connectivity index (χ0v) is 16.6. The number of nitrogens with one attached hydrogen (secondary N) is 3. The summed E-state index contributed by atoms with van der Waals surface area (Å²) in [7, 11) is 0. The molecule has 3 aliphatic rings. The fourth-order valence-electron chi connectivity index (χ4n) is 5.07. The second-order valence-corrected chi connectivity index (χ2v) is 8.50. The van der Waals surface area contributed by atoms with E-state index in [1.54, 1.807) is 0 Å². The van der Waals surface area contributed by atoms with Crippen LogP contribution in [0.3, 0.4) is 0 Å². The first-order chi connectivity index (χ1) is 14.7. The number of hydrogen-bond donors (Lipinski definition) is 4. The molecule has 1 atom stereocenters. The summed E-state index contributed by atoms with van der Waals surface area (Å²) in [5.41, 5.74) is 10.5. The van der Waals surface area contributed by atoms with Crippen LogP contribution in [0.25, 0.3) is 33.3 Å². The van der Waals surface area contributed by atoms with Crippen molar-refractivity contribution in [2.24, 2.45) is 5.92 Å². The summed E-state index contributed by atoms with van der Waals surface area (Å²) in [4.78, 5) is 26.8. The van der Waals surface area contributed by atoms with E-state index < -0.39 is 0 Å². The number of fused-ring (bicyclic) bond motifs is 5. The molecule has 3 aliphatic heterocycles. The first-order valence-electron chi connectivity index (χ1n) is 10.6. The third-order valence-corrected chi connectivity index (χ3v) is 6.65. The Kier molecular flexibility index (Phi) is 3.86. The number of anilines is 2. The van der Waals surface area contributed by atoms with E-state index in [-0.39, 0.29) is 5.56 Å². The van der Waals surface area contributed by atoms with E-state index in [2.05, 4.69) is 20.2 Å². The predicted octanol–water partition coefficient (Wildman–Crippen LogP) is 3.16. The van der Waals surface area contributed by atoms with Gasteiger partial charge in [-0.25, -0.2) is 4.98 Å². The van der Waals surface area contributed by atoms with Gasteiger partial charge in [-0.3, -0.25) is 4.79 Å². The van der Waals surface area contributed by atoms with E-state index in [4.69, 9.17) is 10.7 Å². The van der Waals surface area contributed by atoms with Gasteiger partial charge in [-0.05, 0) is 62.2 Å². The van der Waals surface area contributed by atoms with Crippen molar-refractivity contribution in [3.8, 4) is 11.4 Å². The number of aromatic amines is 2. The lowest BCUT2D eigenvalue weighted by molar-refractivity contribution is 0.0976. The second kappa shape index (κ2) is 6.60. The molecule has 0 unspecified atom stereocenters. The van der Waals surface area contributed by atoms with Crippen LogP contribution >= 0.6 is 0 Å². The topological polar surface area (TPSA) is 103 Å². The number of nitrogens with two attached hydrogens (primary N) is 1. The molecule has 2 aromatic heterocycles. The molecule has 7 heteroatoms. The molecule has 0 amide bonds. The number of rotatable bonds is 3. The van der Waals surface area contributed by atoms with Crippen LogP contribution < -0.4 is 16.6 Å². The molecule has 5 N–H and O–H groups in total. The minimum Gasteiger partial charge on any atom is -0.399 e. The van der Waals surface area contributed by atoms with Crippen LogP contribution in [0.15, 0.2) is 47.3 Å². The number of para-hydroxylation sites is 2. The number of piperidine rings is 3. The van der Waals surface area contributed by atoms with Gasteiger partial charge in [0.25, 0.3) is 5.56 Å². The molecule has 7 nitrogen and oxygen atoms in total. The molecule has 7 rings (SSSR count). The Labute approximate surface area is 173 Å². The number of pyridine rings is 1. The molecule has 3 saturated heterocycles. The maximum Gasteiger partial charge on any atom is 0.261 e. The van der Waals surface area contributed by atoms with Gasteiger partial charge in [-0.1, -0.05) is 12.1 Å². The Morgan fingerprint density at radius 2 is 1.90 bits per heavy atom. The summed E-state index contributed by atoms with van der Waals surface area (Å²) in [6, 6.07) is 13.8. The minimum absolute atomic E-state index is 0.157. The monoisotopic (exact) mass is 400 g/mol. The molecule has 0 radical (unpaired) electrons. The van der Waals surface area contributed by atoms with Gasteiger partial charge >= 0.3 is 0 Å². The maximum atomic E-state index is 13.2. The SMILES string of the molecule is Nc1ccc2[nH]c(=O)c(-c3nc4ccccc4[nH]3)c(N[C@@H]3CN4CCC3CC4)c2c1. The fourth-order valence-corrected chi connectivity index (χ4v) is 5.07. The van der Waals surface area contributed by atoms with Crippen molar-refractivity contribution < 1.29 is 0 Å². The van der Waals surface area contributed by atoms with Crippen LogP contribution in [-0.2, 0) is 0 Å². The summed E-state index contributed by atoms with van der Waals surface area (Å²) in [5, 5.41) is 4.68. The smallest absolute Gasteiger partial charge is 0.261 e. The van der Waals surface area contributed by atoms with Gasteiger partial charge in [-0.15, -0.1) is 0 Å². The number of benzene rings is 2. The first kappa shape index (κ1) is 17.5.